The summed E-state index contributed by atoms with van der Waals surface area (Å²) in [6.45, 7) is 5.42. The summed E-state index contributed by atoms with van der Waals surface area (Å²) in [5, 5.41) is 9.09. The molecule has 2 atom stereocenters. The van der Waals surface area contributed by atoms with Crippen molar-refractivity contribution in [1.82, 2.24) is 4.98 Å². The maximum absolute atomic E-state index is 9.09. The van der Waals surface area contributed by atoms with E-state index in [0.29, 0.717) is 17.7 Å². The zero-order chi connectivity index (χ0) is 15.5. The second-order valence-electron chi connectivity index (χ2n) is 6.16. The Morgan fingerprint density at radius 2 is 1.95 bits per heavy atom. The molecule has 1 aliphatic heterocycles. The average Bonchev–Trinajstić information content (AvgIpc) is 2.56. The number of aryl methyl sites for hydroxylation is 1. The fourth-order valence-corrected chi connectivity index (χ4v) is 3.36. The summed E-state index contributed by atoms with van der Waals surface area (Å²) < 4.78 is 0. The Bertz CT molecular complexity index is 685. The Morgan fingerprint density at radius 3 is 2.68 bits per heavy atom. The average molecular weight is 291 g/mol. The van der Waals surface area contributed by atoms with Crippen LogP contribution >= 0.6 is 0 Å². The second-order valence-corrected chi connectivity index (χ2v) is 6.16. The molecule has 1 fully saturated rings. The summed E-state index contributed by atoms with van der Waals surface area (Å²) in [6, 6.07) is 17.0. The zero-order valence-electron chi connectivity index (χ0n) is 13.2. The number of rotatable bonds is 2. The summed E-state index contributed by atoms with van der Waals surface area (Å²) >= 11 is 0. The maximum Gasteiger partial charge on any atom is 0.142 e. The summed E-state index contributed by atoms with van der Waals surface area (Å²) in [6.07, 6.45) is 2.40. The molecule has 22 heavy (non-hydrogen) atoms. The topological polar surface area (TPSA) is 39.9 Å². The van der Waals surface area contributed by atoms with Crippen LogP contribution in [-0.4, -0.2) is 11.5 Å². The Labute approximate surface area is 132 Å². The number of hydrogen-bond acceptors (Lipinski definition) is 3. The van der Waals surface area contributed by atoms with Gasteiger partial charge in [-0.05, 0) is 43.4 Å². The molecule has 3 nitrogen and oxygen atoms in total. The molecule has 0 bridgehead atoms. The molecule has 0 spiro atoms. The molecule has 2 aromatic rings. The number of benzene rings is 1. The van der Waals surface area contributed by atoms with Gasteiger partial charge in [-0.25, -0.2) is 4.98 Å². The van der Waals surface area contributed by atoms with Crippen LogP contribution in [0.25, 0.3) is 0 Å². The summed E-state index contributed by atoms with van der Waals surface area (Å²) in [7, 11) is 0. The first-order valence-electron chi connectivity index (χ1n) is 7.89. The highest BCUT2D eigenvalue weighted by atomic mass is 15.2. The van der Waals surface area contributed by atoms with Crippen LogP contribution in [0, 0.1) is 24.2 Å². The Kier molecular flexibility index (Phi) is 4.11. The lowest BCUT2D eigenvalue weighted by Gasteiger charge is -2.41. The van der Waals surface area contributed by atoms with Gasteiger partial charge in [-0.1, -0.05) is 42.8 Å². The molecule has 0 amide bonds. The lowest BCUT2D eigenvalue weighted by molar-refractivity contribution is 0.349. The van der Waals surface area contributed by atoms with Gasteiger partial charge in [0.25, 0.3) is 0 Å². The highest BCUT2D eigenvalue weighted by molar-refractivity contribution is 5.46. The minimum atomic E-state index is 0.329. The number of hydrogen-bond donors (Lipinski definition) is 0. The SMILES string of the molecule is Cc1ccc(C2C(C)CCCN2c2cccc(C#N)n2)cc1. The molecule has 0 N–H and O–H groups in total. The number of piperidine rings is 1. The van der Waals surface area contributed by atoms with E-state index in [1.165, 1.54) is 24.0 Å². The van der Waals surface area contributed by atoms with Crippen LogP contribution in [0.1, 0.15) is 42.6 Å². The number of pyridine rings is 1. The van der Waals surface area contributed by atoms with Crippen LogP contribution in [0.4, 0.5) is 5.82 Å². The number of nitriles is 1. The molecule has 3 rings (SSSR count). The van der Waals surface area contributed by atoms with Gasteiger partial charge in [0.05, 0.1) is 6.04 Å². The second kappa shape index (κ2) is 6.19. The fraction of sp³-hybridized carbons (Fsp3) is 0.368. The van der Waals surface area contributed by atoms with E-state index in [1.807, 2.05) is 12.1 Å². The Morgan fingerprint density at radius 1 is 1.18 bits per heavy atom. The van der Waals surface area contributed by atoms with Crippen LogP contribution in [-0.2, 0) is 0 Å². The summed E-state index contributed by atoms with van der Waals surface area (Å²) in [5.41, 5.74) is 3.10. The predicted molar refractivity (Wildman–Crippen MR) is 88.6 cm³/mol. The molecular weight excluding hydrogens is 270 g/mol. The van der Waals surface area contributed by atoms with Crippen LogP contribution in [0.2, 0.25) is 0 Å². The van der Waals surface area contributed by atoms with Crippen molar-refractivity contribution in [3.05, 3.63) is 59.3 Å². The third kappa shape index (κ3) is 2.82. The first-order valence-corrected chi connectivity index (χ1v) is 7.89. The van der Waals surface area contributed by atoms with Gasteiger partial charge in [0.2, 0.25) is 0 Å². The quantitative estimate of drug-likeness (QED) is 0.831. The third-order valence-electron chi connectivity index (χ3n) is 4.50. The monoisotopic (exact) mass is 291 g/mol. The van der Waals surface area contributed by atoms with Crippen LogP contribution in [0.15, 0.2) is 42.5 Å². The van der Waals surface area contributed by atoms with E-state index in [9.17, 15) is 0 Å². The highest BCUT2D eigenvalue weighted by Gasteiger charge is 2.30. The molecule has 0 saturated carbocycles. The minimum Gasteiger partial charge on any atom is -0.349 e. The lowest BCUT2D eigenvalue weighted by atomic mass is 9.85. The van der Waals surface area contributed by atoms with Crippen molar-refractivity contribution < 1.29 is 0 Å². The van der Waals surface area contributed by atoms with E-state index in [1.54, 1.807) is 6.07 Å². The van der Waals surface area contributed by atoms with Crippen molar-refractivity contribution in [1.29, 1.82) is 5.26 Å². The van der Waals surface area contributed by atoms with E-state index in [0.717, 1.165) is 12.4 Å². The van der Waals surface area contributed by atoms with Crippen LogP contribution in [0.5, 0.6) is 0 Å². The van der Waals surface area contributed by atoms with Gasteiger partial charge >= 0.3 is 0 Å². The fourth-order valence-electron chi connectivity index (χ4n) is 3.36. The first kappa shape index (κ1) is 14.6. The normalized spacial score (nSPS) is 21.4. The van der Waals surface area contributed by atoms with Gasteiger partial charge in [0.1, 0.15) is 17.6 Å². The predicted octanol–water partition coefficient (Wildman–Crippen LogP) is 4.24. The third-order valence-corrected chi connectivity index (χ3v) is 4.50. The van der Waals surface area contributed by atoms with Crippen LogP contribution in [0.3, 0.4) is 0 Å². The molecule has 112 valence electrons. The van der Waals surface area contributed by atoms with E-state index in [-0.39, 0.29) is 0 Å². The van der Waals surface area contributed by atoms with Gasteiger partial charge in [-0.3, -0.25) is 0 Å². The van der Waals surface area contributed by atoms with E-state index < -0.39 is 0 Å². The molecule has 1 aromatic heterocycles. The molecule has 3 heteroatoms. The molecule has 1 aromatic carbocycles. The van der Waals surface area contributed by atoms with Gasteiger partial charge < -0.3 is 4.90 Å². The van der Waals surface area contributed by atoms with Crippen molar-refractivity contribution in [2.75, 3.05) is 11.4 Å². The highest BCUT2D eigenvalue weighted by Crippen LogP contribution is 2.38. The van der Waals surface area contributed by atoms with Crippen molar-refractivity contribution in [2.24, 2.45) is 5.92 Å². The van der Waals surface area contributed by atoms with Gasteiger partial charge in [-0.15, -0.1) is 0 Å². The van der Waals surface area contributed by atoms with Crippen molar-refractivity contribution in [2.45, 2.75) is 32.7 Å². The molecule has 1 aliphatic rings. The number of nitrogens with zero attached hydrogens (tertiary/aromatic N) is 3. The van der Waals surface area contributed by atoms with Gasteiger partial charge in [0, 0.05) is 6.54 Å². The van der Waals surface area contributed by atoms with Crippen molar-refractivity contribution in [3.63, 3.8) is 0 Å². The number of anilines is 1. The van der Waals surface area contributed by atoms with Gasteiger partial charge in [0.15, 0.2) is 0 Å². The van der Waals surface area contributed by atoms with Gasteiger partial charge in [-0.2, -0.15) is 5.26 Å². The van der Waals surface area contributed by atoms with Crippen molar-refractivity contribution >= 4 is 5.82 Å². The molecule has 0 radical (unpaired) electrons. The molecule has 2 unspecified atom stereocenters. The minimum absolute atomic E-state index is 0.329. The summed E-state index contributed by atoms with van der Waals surface area (Å²) in [5.74, 6) is 1.49. The molecule has 1 saturated heterocycles. The van der Waals surface area contributed by atoms with E-state index in [2.05, 4.69) is 54.1 Å². The first-order chi connectivity index (χ1) is 10.7. The lowest BCUT2D eigenvalue weighted by Crippen LogP contribution is -2.38. The zero-order valence-corrected chi connectivity index (χ0v) is 13.2. The molecule has 0 aliphatic carbocycles. The Balaban J connectivity index is 1.99. The maximum atomic E-state index is 9.09. The smallest absolute Gasteiger partial charge is 0.142 e. The molecule has 2 heterocycles. The molecular formula is C19H21N3. The van der Waals surface area contributed by atoms with Crippen molar-refractivity contribution in [3.8, 4) is 6.07 Å². The Hall–Kier alpha value is -2.34. The van der Waals surface area contributed by atoms with E-state index in [4.69, 9.17) is 5.26 Å². The standard InChI is InChI=1S/C19H21N3/c1-14-8-10-16(11-9-14)19-15(2)5-4-12-22(19)18-7-3-6-17(13-20)21-18/h3,6-11,15,19H,4-5,12H2,1-2H3. The number of aromatic nitrogens is 1. The van der Waals surface area contributed by atoms with Crippen LogP contribution < -0.4 is 4.90 Å². The largest absolute Gasteiger partial charge is 0.349 e. The van der Waals surface area contributed by atoms with E-state index >= 15 is 0 Å². The summed E-state index contributed by atoms with van der Waals surface area (Å²) in [4.78, 5) is 6.87.